The molecule has 2 aliphatic rings. The van der Waals surface area contributed by atoms with Gasteiger partial charge in [-0.2, -0.15) is 0 Å². The maximum absolute atomic E-state index is 6.76. The predicted octanol–water partition coefficient (Wildman–Crippen LogP) is 7.84. The zero-order valence-corrected chi connectivity index (χ0v) is 20.5. The first-order valence-electron chi connectivity index (χ1n) is 12.6. The lowest BCUT2D eigenvalue weighted by molar-refractivity contribution is -0.660. The molecule has 0 N–H and O–H groups in total. The fourth-order valence-electron chi connectivity index (χ4n) is 6.97. The van der Waals surface area contributed by atoms with Crippen molar-refractivity contribution >= 4 is 21.9 Å². The van der Waals surface area contributed by atoms with Crippen LogP contribution in [0.4, 0.5) is 0 Å². The van der Waals surface area contributed by atoms with Crippen LogP contribution in [0.2, 0.25) is 0 Å². The molecule has 168 valence electrons. The van der Waals surface area contributed by atoms with Gasteiger partial charge in [-0.15, -0.1) is 0 Å². The molecule has 0 amide bonds. The Morgan fingerprint density at radius 2 is 1.62 bits per heavy atom. The van der Waals surface area contributed by atoms with Gasteiger partial charge in [-0.05, 0) is 73.1 Å². The molecule has 2 heteroatoms. The molecule has 34 heavy (non-hydrogen) atoms. The highest BCUT2D eigenvalue weighted by atomic mass is 16.3. The summed E-state index contributed by atoms with van der Waals surface area (Å²) in [5, 5.41) is 2.59. The summed E-state index contributed by atoms with van der Waals surface area (Å²) in [4.78, 5) is 0. The number of aryl methyl sites for hydroxylation is 4. The SMILES string of the molecule is Cc1cc(-c2c(C)ccc3c2oc2ccc4c(c23)C2(CCCC2)c2ccccc2-4)[n+](C)cc1C. The summed E-state index contributed by atoms with van der Waals surface area (Å²) in [6.45, 7) is 6.58. The summed E-state index contributed by atoms with van der Waals surface area (Å²) < 4.78 is 9.00. The molecule has 2 heterocycles. The molecule has 0 bridgehead atoms. The zero-order valence-electron chi connectivity index (χ0n) is 20.5. The summed E-state index contributed by atoms with van der Waals surface area (Å²) in [5.74, 6) is 0. The van der Waals surface area contributed by atoms with E-state index in [-0.39, 0.29) is 5.41 Å². The van der Waals surface area contributed by atoms with Crippen LogP contribution in [0.25, 0.3) is 44.3 Å². The van der Waals surface area contributed by atoms with Crippen molar-refractivity contribution in [1.82, 2.24) is 0 Å². The van der Waals surface area contributed by atoms with Crippen LogP contribution < -0.4 is 4.57 Å². The van der Waals surface area contributed by atoms with Gasteiger partial charge in [-0.3, -0.25) is 0 Å². The van der Waals surface area contributed by atoms with E-state index < -0.39 is 0 Å². The number of pyridine rings is 1. The summed E-state index contributed by atoms with van der Waals surface area (Å²) in [7, 11) is 2.14. The van der Waals surface area contributed by atoms with E-state index in [4.69, 9.17) is 4.42 Å². The minimum absolute atomic E-state index is 0.123. The molecule has 2 aromatic heterocycles. The Kier molecular flexibility index (Phi) is 4.02. The van der Waals surface area contributed by atoms with Crippen LogP contribution in [0.15, 0.2) is 65.2 Å². The van der Waals surface area contributed by atoms with Gasteiger partial charge >= 0.3 is 0 Å². The average Bonchev–Trinajstić information content (AvgIpc) is 3.53. The second kappa shape index (κ2) is 6.82. The molecule has 2 nitrogen and oxygen atoms in total. The van der Waals surface area contributed by atoms with Crippen LogP contribution in [0, 0.1) is 20.8 Å². The molecule has 2 aliphatic carbocycles. The van der Waals surface area contributed by atoms with Crippen molar-refractivity contribution in [3.8, 4) is 22.4 Å². The molecule has 5 aromatic rings. The predicted molar refractivity (Wildman–Crippen MR) is 139 cm³/mol. The number of benzene rings is 3. The van der Waals surface area contributed by atoms with E-state index in [1.165, 1.54) is 86.7 Å². The van der Waals surface area contributed by atoms with Crippen LogP contribution in [0.3, 0.4) is 0 Å². The van der Waals surface area contributed by atoms with Gasteiger partial charge in [0.25, 0.3) is 0 Å². The van der Waals surface area contributed by atoms with Gasteiger partial charge in [-0.25, -0.2) is 4.57 Å². The van der Waals surface area contributed by atoms with E-state index in [1.807, 2.05) is 0 Å². The van der Waals surface area contributed by atoms with Crippen LogP contribution in [0.1, 0.15) is 53.5 Å². The van der Waals surface area contributed by atoms with Gasteiger partial charge in [0, 0.05) is 27.8 Å². The molecule has 1 fully saturated rings. The Hall–Kier alpha value is -3.39. The molecular formula is C32H30NO+. The maximum atomic E-state index is 6.76. The van der Waals surface area contributed by atoms with Crippen LogP contribution in [-0.4, -0.2) is 0 Å². The Morgan fingerprint density at radius 1 is 0.824 bits per heavy atom. The smallest absolute Gasteiger partial charge is 0.216 e. The number of rotatable bonds is 1. The third-order valence-electron chi connectivity index (χ3n) is 8.68. The van der Waals surface area contributed by atoms with Crippen LogP contribution >= 0.6 is 0 Å². The minimum atomic E-state index is 0.123. The Morgan fingerprint density at radius 3 is 2.44 bits per heavy atom. The minimum Gasteiger partial charge on any atom is -0.455 e. The Balaban J connectivity index is 1.61. The van der Waals surface area contributed by atoms with Gasteiger partial charge in [-0.1, -0.05) is 55.3 Å². The molecule has 0 aliphatic heterocycles. The lowest BCUT2D eigenvalue weighted by Gasteiger charge is -2.27. The van der Waals surface area contributed by atoms with Crippen molar-refractivity contribution in [2.75, 3.05) is 0 Å². The van der Waals surface area contributed by atoms with Crippen LogP contribution in [-0.2, 0) is 12.5 Å². The first kappa shape index (κ1) is 20.0. The number of nitrogens with zero attached hydrogens (tertiary/aromatic N) is 1. The van der Waals surface area contributed by atoms with E-state index in [2.05, 4.69) is 93.2 Å². The standard InChI is InChI=1S/C32H30NO/c1-19-11-12-24-29-27(34-31(24)28(19)26-17-20(2)21(3)18-33(26)4)14-13-23-22-9-5-6-10-25(22)32(30(23)29)15-7-8-16-32/h5-6,9-14,17-18H,7-8,15-16H2,1-4H3/q+1. The second-order valence-corrected chi connectivity index (χ2v) is 10.6. The Labute approximate surface area is 200 Å². The zero-order chi connectivity index (χ0) is 23.2. The highest BCUT2D eigenvalue weighted by Crippen LogP contribution is 2.59. The first-order valence-corrected chi connectivity index (χ1v) is 12.6. The molecule has 1 saturated carbocycles. The average molecular weight is 445 g/mol. The van der Waals surface area contributed by atoms with Crippen molar-refractivity contribution in [2.24, 2.45) is 7.05 Å². The largest absolute Gasteiger partial charge is 0.455 e. The van der Waals surface area contributed by atoms with Crippen LogP contribution in [0.5, 0.6) is 0 Å². The fourth-order valence-corrected chi connectivity index (χ4v) is 6.97. The van der Waals surface area contributed by atoms with E-state index in [9.17, 15) is 0 Å². The van der Waals surface area contributed by atoms with Gasteiger partial charge in [0.2, 0.25) is 5.69 Å². The molecule has 0 atom stereocenters. The topological polar surface area (TPSA) is 17.0 Å². The lowest BCUT2D eigenvalue weighted by Crippen LogP contribution is -2.31. The van der Waals surface area contributed by atoms with E-state index in [0.29, 0.717) is 0 Å². The summed E-state index contributed by atoms with van der Waals surface area (Å²) in [6.07, 6.45) is 7.28. The van der Waals surface area contributed by atoms with Gasteiger partial charge < -0.3 is 4.42 Å². The van der Waals surface area contributed by atoms with Crippen molar-refractivity contribution in [2.45, 2.75) is 51.9 Å². The number of hydrogen-bond acceptors (Lipinski definition) is 1. The number of fused-ring (bicyclic) bond motifs is 9. The normalized spacial score (nSPS) is 16.0. The molecular weight excluding hydrogens is 414 g/mol. The van der Waals surface area contributed by atoms with Gasteiger partial charge in [0.05, 0.1) is 5.56 Å². The second-order valence-electron chi connectivity index (χ2n) is 10.6. The Bertz CT molecular complexity index is 1650. The number of furan rings is 1. The summed E-state index contributed by atoms with van der Waals surface area (Å²) in [6, 6.07) is 20.5. The van der Waals surface area contributed by atoms with Gasteiger partial charge in [0.15, 0.2) is 6.20 Å². The lowest BCUT2D eigenvalue weighted by atomic mass is 9.75. The van der Waals surface area contributed by atoms with E-state index >= 15 is 0 Å². The molecule has 3 aromatic carbocycles. The highest BCUT2D eigenvalue weighted by molar-refractivity contribution is 6.14. The maximum Gasteiger partial charge on any atom is 0.216 e. The van der Waals surface area contributed by atoms with Crippen molar-refractivity contribution in [1.29, 1.82) is 0 Å². The van der Waals surface area contributed by atoms with Gasteiger partial charge in [0.1, 0.15) is 18.2 Å². The molecule has 0 unspecified atom stereocenters. The number of aromatic nitrogens is 1. The molecule has 7 rings (SSSR count). The third-order valence-corrected chi connectivity index (χ3v) is 8.68. The molecule has 0 saturated heterocycles. The quantitative estimate of drug-likeness (QED) is 0.241. The third kappa shape index (κ3) is 2.44. The van der Waals surface area contributed by atoms with E-state index in [1.54, 1.807) is 0 Å². The summed E-state index contributed by atoms with van der Waals surface area (Å²) in [5.41, 5.74) is 14.3. The van der Waals surface area contributed by atoms with Crippen molar-refractivity contribution < 1.29 is 8.98 Å². The first-order chi connectivity index (χ1) is 16.5. The highest BCUT2D eigenvalue weighted by Gasteiger charge is 2.46. The summed E-state index contributed by atoms with van der Waals surface area (Å²) >= 11 is 0. The van der Waals surface area contributed by atoms with E-state index in [0.717, 1.165) is 11.2 Å². The van der Waals surface area contributed by atoms with Crippen molar-refractivity contribution in [3.63, 3.8) is 0 Å². The molecule has 1 spiro atoms. The fraction of sp³-hybridized carbons (Fsp3) is 0.281. The van der Waals surface area contributed by atoms with Crippen molar-refractivity contribution in [3.05, 3.63) is 88.6 Å². The number of hydrogen-bond donors (Lipinski definition) is 0. The monoisotopic (exact) mass is 444 g/mol. The molecule has 0 radical (unpaired) electrons.